The number of methoxy groups -OCH3 is 1. The highest BCUT2D eigenvalue weighted by Gasteiger charge is 2.41. The zero-order chi connectivity index (χ0) is 12.1. The van der Waals surface area contributed by atoms with Crippen molar-refractivity contribution in [2.45, 2.75) is 25.9 Å². The number of esters is 3. The van der Waals surface area contributed by atoms with Crippen LogP contribution in [0.25, 0.3) is 0 Å². The fraction of sp³-hybridized carbons (Fsp3) is 0.700. The molecule has 1 saturated carbocycles. The van der Waals surface area contributed by atoms with Crippen LogP contribution in [-0.2, 0) is 28.6 Å². The van der Waals surface area contributed by atoms with Crippen LogP contribution < -0.4 is 0 Å². The summed E-state index contributed by atoms with van der Waals surface area (Å²) in [5.41, 5.74) is 0. The normalized spacial score (nSPS) is 16.1. The maximum Gasteiger partial charge on any atom is 0.418 e. The highest BCUT2D eigenvalue weighted by Crippen LogP contribution is 2.35. The largest absolute Gasteiger partial charge is 0.463 e. The highest BCUT2D eigenvalue weighted by molar-refractivity contribution is 6.29. The third kappa shape index (κ3) is 3.22. The summed E-state index contributed by atoms with van der Waals surface area (Å²) < 4.78 is 13.7. The summed E-state index contributed by atoms with van der Waals surface area (Å²) in [6, 6.07) is 0. The second-order valence-electron chi connectivity index (χ2n) is 3.41. The SMILES string of the molecule is CCOC(=O)C(OC(=O)C(=O)OC)C1CC1. The molecule has 1 atom stereocenters. The van der Waals surface area contributed by atoms with E-state index in [0.29, 0.717) is 0 Å². The van der Waals surface area contributed by atoms with E-state index in [1.54, 1.807) is 6.92 Å². The minimum absolute atomic E-state index is 0.0346. The number of carbonyl (C=O) groups excluding carboxylic acids is 3. The van der Waals surface area contributed by atoms with E-state index >= 15 is 0 Å². The average Bonchev–Trinajstić information content (AvgIpc) is 3.08. The first-order valence-electron chi connectivity index (χ1n) is 5.05. The Balaban J connectivity index is 2.54. The molecule has 0 saturated heterocycles. The number of rotatable bonds is 4. The average molecular weight is 230 g/mol. The third-order valence-electron chi connectivity index (χ3n) is 2.16. The van der Waals surface area contributed by atoms with Gasteiger partial charge in [0.15, 0.2) is 0 Å². The summed E-state index contributed by atoms with van der Waals surface area (Å²) in [6.45, 7) is 1.86. The molecule has 0 bridgehead atoms. The van der Waals surface area contributed by atoms with E-state index in [0.717, 1.165) is 20.0 Å². The molecule has 0 heterocycles. The Morgan fingerprint density at radius 3 is 2.31 bits per heavy atom. The van der Waals surface area contributed by atoms with Gasteiger partial charge in [-0.2, -0.15) is 0 Å². The summed E-state index contributed by atoms with van der Waals surface area (Å²) in [6.07, 6.45) is 0.599. The maximum absolute atomic E-state index is 11.4. The molecular formula is C10H14O6. The minimum atomic E-state index is -1.16. The molecule has 0 aromatic carbocycles. The second kappa shape index (κ2) is 5.48. The van der Waals surface area contributed by atoms with E-state index in [4.69, 9.17) is 9.47 Å². The van der Waals surface area contributed by atoms with E-state index in [2.05, 4.69) is 4.74 Å². The molecule has 1 aliphatic rings. The molecule has 6 nitrogen and oxygen atoms in total. The molecule has 16 heavy (non-hydrogen) atoms. The van der Waals surface area contributed by atoms with E-state index in [1.165, 1.54) is 0 Å². The van der Waals surface area contributed by atoms with Crippen molar-refractivity contribution < 1.29 is 28.6 Å². The summed E-state index contributed by atoms with van der Waals surface area (Å²) in [4.78, 5) is 33.4. The molecule has 0 radical (unpaired) electrons. The van der Waals surface area contributed by atoms with Gasteiger partial charge in [-0.3, -0.25) is 0 Å². The van der Waals surface area contributed by atoms with Gasteiger partial charge in [-0.1, -0.05) is 0 Å². The molecule has 0 spiro atoms. The Hall–Kier alpha value is -1.59. The van der Waals surface area contributed by atoms with Gasteiger partial charge in [-0.25, -0.2) is 14.4 Å². The zero-order valence-electron chi connectivity index (χ0n) is 9.23. The lowest BCUT2D eigenvalue weighted by Gasteiger charge is -2.14. The van der Waals surface area contributed by atoms with Crippen LogP contribution in [0.15, 0.2) is 0 Å². The van der Waals surface area contributed by atoms with Gasteiger partial charge in [-0.15, -0.1) is 0 Å². The van der Waals surface area contributed by atoms with Crippen LogP contribution in [0.4, 0.5) is 0 Å². The predicted molar refractivity (Wildman–Crippen MR) is 51.3 cm³/mol. The number of carbonyl (C=O) groups is 3. The van der Waals surface area contributed by atoms with Gasteiger partial charge in [0.2, 0.25) is 6.10 Å². The minimum Gasteiger partial charge on any atom is -0.463 e. The fourth-order valence-corrected chi connectivity index (χ4v) is 1.21. The first-order chi connectivity index (χ1) is 7.60. The molecule has 0 aromatic heterocycles. The predicted octanol–water partition coefficient (Wildman–Crippen LogP) is 0.0443. The Kier molecular flexibility index (Phi) is 4.28. The van der Waals surface area contributed by atoms with Gasteiger partial charge in [0, 0.05) is 5.92 Å². The lowest BCUT2D eigenvalue weighted by molar-refractivity contribution is -0.177. The van der Waals surface area contributed by atoms with Gasteiger partial charge in [0.25, 0.3) is 0 Å². The lowest BCUT2D eigenvalue weighted by Crippen LogP contribution is -2.34. The molecule has 0 amide bonds. The Bertz CT molecular complexity index is 294. The Morgan fingerprint density at radius 2 is 1.88 bits per heavy atom. The van der Waals surface area contributed by atoms with Crippen LogP contribution in [0.1, 0.15) is 19.8 Å². The zero-order valence-corrected chi connectivity index (χ0v) is 9.23. The summed E-state index contributed by atoms with van der Waals surface area (Å²) >= 11 is 0. The van der Waals surface area contributed by atoms with E-state index in [-0.39, 0.29) is 12.5 Å². The fourth-order valence-electron chi connectivity index (χ4n) is 1.21. The Labute approximate surface area is 92.8 Å². The number of hydrogen-bond donors (Lipinski definition) is 0. The summed E-state index contributed by atoms with van der Waals surface area (Å²) in [5.74, 6) is -2.92. The molecule has 1 unspecified atom stereocenters. The van der Waals surface area contributed by atoms with Crippen LogP contribution >= 0.6 is 0 Å². The number of hydrogen-bond acceptors (Lipinski definition) is 6. The van der Waals surface area contributed by atoms with Crippen LogP contribution in [0, 0.1) is 5.92 Å². The quantitative estimate of drug-likeness (QED) is 0.385. The van der Waals surface area contributed by atoms with Gasteiger partial charge in [0.05, 0.1) is 13.7 Å². The van der Waals surface area contributed by atoms with Crippen molar-refractivity contribution >= 4 is 17.9 Å². The van der Waals surface area contributed by atoms with Crippen molar-refractivity contribution in [3.8, 4) is 0 Å². The second-order valence-corrected chi connectivity index (χ2v) is 3.41. The van der Waals surface area contributed by atoms with E-state index in [1.807, 2.05) is 0 Å². The summed E-state index contributed by atoms with van der Waals surface area (Å²) in [7, 11) is 1.07. The first-order valence-corrected chi connectivity index (χ1v) is 5.05. The molecule has 90 valence electrons. The van der Waals surface area contributed by atoms with Crippen molar-refractivity contribution in [1.82, 2.24) is 0 Å². The molecule has 0 N–H and O–H groups in total. The topological polar surface area (TPSA) is 78.9 Å². The number of ether oxygens (including phenoxy) is 3. The molecular weight excluding hydrogens is 216 g/mol. The standard InChI is InChI=1S/C10H14O6/c1-3-15-8(11)7(6-4-5-6)16-10(13)9(12)14-2/h6-7H,3-5H2,1-2H3. The Morgan fingerprint density at radius 1 is 1.25 bits per heavy atom. The first kappa shape index (κ1) is 12.5. The monoisotopic (exact) mass is 230 g/mol. The molecule has 0 aliphatic heterocycles. The smallest absolute Gasteiger partial charge is 0.418 e. The van der Waals surface area contributed by atoms with Crippen molar-refractivity contribution in [3.63, 3.8) is 0 Å². The van der Waals surface area contributed by atoms with Crippen molar-refractivity contribution in [3.05, 3.63) is 0 Å². The van der Waals surface area contributed by atoms with Crippen molar-refractivity contribution in [1.29, 1.82) is 0 Å². The maximum atomic E-state index is 11.4. The highest BCUT2D eigenvalue weighted by atomic mass is 16.6. The van der Waals surface area contributed by atoms with Crippen molar-refractivity contribution in [2.75, 3.05) is 13.7 Å². The van der Waals surface area contributed by atoms with E-state index < -0.39 is 24.0 Å². The molecule has 6 heteroatoms. The molecule has 1 rings (SSSR count). The lowest BCUT2D eigenvalue weighted by atomic mass is 10.2. The third-order valence-corrected chi connectivity index (χ3v) is 2.16. The van der Waals surface area contributed by atoms with E-state index in [9.17, 15) is 14.4 Å². The molecule has 0 aromatic rings. The van der Waals surface area contributed by atoms with Crippen LogP contribution in [0.3, 0.4) is 0 Å². The van der Waals surface area contributed by atoms with Crippen LogP contribution in [0.5, 0.6) is 0 Å². The van der Waals surface area contributed by atoms with Crippen LogP contribution in [-0.4, -0.2) is 37.7 Å². The van der Waals surface area contributed by atoms with Gasteiger partial charge in [-0.05, 0) is 19.8 Å². The van der Waals surface area contributed by atoms with Crippen molar-refractivity contribution in [2.24, 2.45) is 5.92 Å². The van der Waals surface area contributed by atoms with Gasteiger partial charge in [0.1, 0.15) is 0 Å². The molecule has 1 fully saturated rings. The van der Waals surface area contributed by atoms with Crippen LogP contribution in [0.2, 0.25) is 0 Å². The van der Waals surface area contributed by atoms with Gasteiger partial charge < -0.3 is 14.2 Å². The molecule has 1 aliphatic carbocycles. The van der Waals surface area contributed by atoms with Gasteiger partial charge >= 0.3 is 17.9 Å². The summed E-state index contributed by atoms with van der Waals surface area (Å²) in [5, 5.41) is 0.